The summed E-state index contributed by atoms with van der Waals surface area (Å²) in [5.74, 6) is 6.41. The summed E-state index contributed by atoms with van der Waals surface area (Å²) in [5, 5.41) is 0. The van der Waals surface area contributed by atoms with Gasteiger partial charge >= 0.3 is 6.01 Å². The van der Waals surface area contributed by atoms with Crippen LogP contribution < -0.4 is 20.9 Å². The SMILES string of the molecule is CCOc1nc(NN)nc(N(CC)C2CCCCC2)n1. The largest absolute Gasteiger partial charge is 0.464 e. The topological polar surface area (TPSA) is 89.2 Å². The quantitative estimate of drug-likeness (QED) is 0.605. The fraction of sp³-hybridized carbons (Fsp3) is 0.769. The Morgan fingerprint density at radius 3 is 2.55 bits per heavy atom. The predicted molar refractivity (Wildman–Crippen MR) is 78.7 cm³/mol. The Labute approximate surface area is 119 Å². The van der Waals surface area contributed by atoms with Crippen molar-refractivity contribution in [2.75, 3.05) is 23.5 Å². The number of anilines is 2. The maximum atomic E-state index is 5.43. The van der Waals surface area contributed by atoms with E-state index in [1.165, 1.54) is 32.1 Å². The molecule has 2 rings (SSSR count). The molecular weight excluding hydrogens is 256 g/mol. The molecule has 0 aromatic carbocycles. The van der Waals surface area contributed by atoms with Crippen LogP contribution in [0.1, 0.15) is 46.0 Å². The molecule has 0 atom stereocenters. The van der Waals surface area contributed by atoms with Gasteiger partial charge in [0.2, 0.25) is 11.9 Å². The van der Waals surface area contributed by atoms with Crippen LogP contribution in [0.2, 0.25) is 0 Å². The van der Waals surface area contributed by atoms with Crippen LogP contribution in [0.25, 0.3) is 0 Å². The molecule has 1 heterocycles. The summed E-state index contributed by atoms with van der Waals surface area (Å²) in [4.78, 5) is 15.1. The van der Waals surface area contributed by atoms with E-state index in [0.29, 0.717) is 30.6 Å². The molecule has 0 radical (unpaired) electrons. The highest BCUT2D eigenvalue weighted by Gasteiger charge is 2.23. The highest BCUT2D eigenvalue weighted by Crippen LogP contribution is 2.26. The summed E-state index contributed by atoms with van der Waals surface area (Å²) in [6, 6.07) is 0.816. The van der Waals surface area contributed by atoms with Crippen molar-refractivity contribution < 1.29 is 4.74 Å². The van der Waals surface area contributed by atoms with E-state index in [4.69, 9.17) is 10.6 Å². The monoisotopic (exact) mass is 280 g/mol. The first kappa shape index (κ1) is 14.8. The molecule has 1 aromatic rings. The summed E-state index contributed by atoms with van der Waals surface area (Å²) < 4.78 is 5.39. The van der Waals surface area contributed by atoms with E-state index in [-0.39, 0.29) is 0 Å². The van der Waals surface area contributed by atoms with E-state index in [1.54, 1.807) is 0 Å². The van der Waals surface area contributed by atoms with Gasteiger partial charge in [0.15, 0.2) is 0 Å². The maximum Gasteiger partial charge on any atom is 0.323 e. The molecule has 20 heavy (non-hydrogen) atoms. The Kier molecular flexibility index (Phi) is 5.34. The Morgan fingerprint density at radius 2 is 1.95 bits per heavy atom. The lowest BCUT2D eigenvalue weighted by Crippen LogP contribution is -2.38. The van der Waals surface area contributed by atoms with Gasteiger partial charge in [0.1, 0.15) is 0 Å². The Balaban J connectivity index is 2.24. The van der Waals surface area contributed by atoms with Crippen molar-refractivity contribution in [3.8, 4) is 6.01 Å². The van der Waals surface area contributed by atoms with Crippen LogP contribution in [-0.2, 0) is 0 Å². The van der Waals surface area contributed by atoms with Crippen LogP contribution in [0.4, 0.5) is 11.9 Å². The number of nitrogens with zero attached hydrogens (tertiary/aromatic N) is 4. The molecule has 112 valence electrons. The standard InChI is InChI=1S/C13H24N6O/c1-3-19(10-8-6-5-7-9-10)12-15-11(18-14)16-13(17-12)20-4-2/h10H,3-9,14H2,1-2H3,(H,15,16,17,18). The average molecular weight is 280 g/mol. The van der Waals surface area contributed by atoms with E-state index in [2.05, 4.69) is 32.2 Å². The smallest absolute Gasteiger partial charge is 0.323 e. The lowest BCUT2D eigenvalue weighted by Gasteiger charge is -2.33. The van der Waals surface area contributed by atoms with E-state index < -0.39 is 0 Å². The van der Waals surface area contributed by atoms with Gasteiger partial charge in [-0.05, 0) is 26.7 Å². The Morgan fingerprint density at radius 1 is 1.20 bits per heavy atom. The predicted octanol–water partition coefficient (Wildman–Crippen LogP) is 1.71. The first-order chi connectivity index (χ1) is 9.78. The number of aromatic nitrogens is 3. The summed E-state index contributed by atoms with van der Waals surface area (Å²) in [6.45, 7) is 5.40. The lowest BCUT2D eigenvalue weighted by molar-refractivity contribution is 0.311. The molecule has 0 bridgehead atoms. The van der Waals surface area contributed by atoms with Crippen molar-refractivity contribution in [2.24, 2.45) is 5.84 Å². The van der Waals surface area contributed by atoms with Crippen molar-refractivity contribution >= 4 is 11.9 Å². The molecule has 1 aliphatic rings. The minimum absolute atomic E-state index is 0.319. The molecule has 1 aliphatic carbocycles. The molecule has 0 spiro atoms. The number of hydrogen-bond acceptors (Lipinski definition) is 7. The number of nitrogens with two attached hydrogens (primary N) is 1. The van der Waals surface area contributed by atoms with Gasteiger partial charge in [-0.3, -0.25) is 5.43 Å². The zero-order chi connectivity index (χ0) is 14.4. The number of hydrogen-bond donors (Lipinski definition) is 2. The highest BCUT2D eigenvalue weighted by atomic mass is 16.5. The molecule has 7 nitrogen and oxygen atoms in total. The zero-order valence-electron chi connectivity index (χ0n) is 12.3. The molecule has 0 aliphatic heterocycles. The second-order valence-corrected chi connectivity index (χ2v) is 4.90. The molecule has 1 saturated carbocycles. The van der Waals surface area contributed by atoms with Crippen LogP contribution in [0.3, 0.4) is 0 Å². The molecular formula is C13H24N6O. The van der Waals surface area contributed by atoms with Crippen molar-refractivity contribution in [3.63, 3.8) is 0 Å². The number of rotatable bonds is 6. The third-order valence-corrected chi connectivity index (χ3v) is 3.62. The normalized spacial score (nSPS) is 15.9. The number of nitrogen functional groups attached to an aromatic ring is 1. The van der Waals surface area contributed by atoms with Crippen molar-refractivity contribution in [3.05, 3.63) is 0 Å². The van der Waals surface area contributed by atoms with Crippen molar-refractivity contribution in [2.45, 2.75) is 52.0 Å². The van der Waals surface area contributed by atoms with Gasteiger partial charge in [-0.25, -0.2) is 5.84 Å². The number of ether oxygens (including phenoxy) is 1. The second-order valence-electron chi connectivity index (χ2n) is 4.90. The molecule has 0 saturated heterocycles. The second kappa shape index (κ2) is 7.23. The average Bonchev–Trinajstić information content (AvgIpc) is 2.49. The maximum absolute atomic E-state index is 5.43. The molecule has 3 N–H and O–H groups in total. The van der Waals surface area contributed by atoms with E-state index in [1.807, 2.05) is 6.92 Å². The lowest BCUT2D eigenvalue weighted by atomic mass is 9.94. The van der Waals surface area contributed by atoms with Crippen LogP contribution >= 0.6 is 0 Å². The Hall–Kier alpha value is -1.63. The fourth-order valence-corrected chi connectivity index (χ4v) is 2.69. The summed E-state index contributed by atoms with van der Waals surface area (Å²) >= 11 is 0. The number of nitrogens with one attached hydrogen (secondary N) is 1. The van der Waals surface area contributed by atoms with E-state index in [0.717, 1.165) is 6.54 Å². The van der Waals surface area contributed by atoms with Gasteiger partial charge in [0.05, 0.1) is 6.61 Å². The van der Waals surface area contributed by atoms with Crippen LogP contribution in [-0.4, -0.2) is 34.1 Å². The molecule has 0 amide bonds. The molecule has 0 unspecified atom stereocenters. The molecule has 1 aromatic heterocycles. The van der Waals surface area contributed by atoms with Gasteiger partial charge in [-0.2, -0.15) is 15.0 Å². The minimum Gasteiger partial charge on any atom is -0.464 e. The summed E-state index contributed by atoms with van der Waals surface area (Å²) in [6.07, 6.45) is 6.24. The summed E-state index contributed by atoms with van der Waals surface area (Å²) in [7, 11) is 0. The van der Waals surface area contributed by atoms with Crippen LogP contribution in [0, 0.1) is 0 Å². The van der Waals surface area contributed by atoms with E-state index in [9.17, 15) is 0 Å². The zero-order valence-corrected chi connectivity index (χ0v) is 12.3. The van der Waals surface area contributed by atoms with E-state index >= 15 is 0 Å². The first-order valence-corrected chi connectivity index (χ1v) is 7.40. The van der Waals surface area contributed by atoms with Crippen molar-refractivity contribution in [1.82, 2.24) is 15.0 Å². The fourth-order valence-electron chi connectivity index (χ4n) is 2.69. The first-order valence-electron chi connectivity index (χ1n) is 7.40. The van der Waals surface area contributed by atoms with Gasteiger partial charge < -0.3 is 9.64 Å². The number of hydrazine groups is 1. The van der Waals surface area contributed by atoms with Gasteiger partial charge in [-0.15, -0.1) is 0 Å². The molecule has 1 fully saturated rings. The van der Waals surface area contributed by atoms with Crippen LogP contribution in [0.5, 0.6) is 6.01 Å². The summed E-state index contributed by atoms with van der Waals surface area (Å²) in [5.41, 5.74) is 2.48. The highest BCUT2D eigenvalue weighted by molar-refractivity contribution is 5.38. The third-order valence-electron chi connectivity index (χ3n) is 3.62. The van der Waals surface area contributed by atoms with Gasteiger partial charge in [0.25, 0.3) is 0 Å². The van der Waals surface area contributed by atoms with Crippen molar-refractivity contribution in [1.29, 1.82) is 0 Å². The molecule has 7 heteroatoms. The van der Waals surface area contributed by atoms with Gasteiger partial charge in [-0.1, -0.05) is 19.3 Å². The minimum atomic E-state index is 0.319. The third kappa shape index (κ3) is 3.47. The Bertz CT molecular complexity index is 421. The van der Waals surface area contributed by atoms with Gasteiger partial charge in [0, 0.05) is 12.6 Å². The van der Waals surface area contributed by atoms with Crippen LogP contribution in [0.15, 0.2) is 0 Å².